The van der Waals surface area contributed by atoms with E-state index in [1.807, 2.05) is 4.90 Å². The first-order chi connectivity index (χ1) is 10.7. The summed E-state index contributed by atoms with van der Waals surface area (Å²) in [5.41, 5.74) is 1.14. The van der Waals surface area contributed by atoms with Gasteiger partial charge in [-0.15, -0.1) is 0 Å². The van der Waals surface area contributed by atoms with E-state index in [1.54, 1.807) is 6.07 Å². The summed E-state index contributed by atoms with van der Waals surface area (Å²) < 4.78 is 27.4. The molecule has 2 aromatic rings. The second kappa shape index (κ2) is 6.08. The maximum absolute atomic E-state index is 13.4. The van der Waals surface area contributed by atoms with Gasteiger partial charge in [0.1, 0.15) is 24.6 Å². The Kier molecular flexibility index (Phi) is 3.99. The number of hydrogen-bond acceptors (Lipinski definition) is 4. The van der Waals surface area contributed by atoms with Crippen molar-refractivity contribution >= 4 is 17.3 Å². The SMILES string of the molecule is O=C1CCN(Cc2ncnn2CCF)c2ccc(F)cc2N1. The lowest BCUT2D eigenvalue weighted by Gasteiger charge is -2.23. The molecule has 1 N–H and O–H groups in total. The zero-order valence-corrected chi connectivity index (χ0v) is 11.8. The zero-order valence-electron chi connectivity index (χ0n) is 11.8. The van der Waals surface area contributed by atoms with Gasteiger partial charge in [-0.25, -0.2) is 18.4 Å². The lowest BCUT2D eigenvalue weighted by molar-refractivity contribution is -0.115. The summed E-state index contributed by atoms with van der Waals surface area (Å²) in [4.78, 5) is 17.8. The summed E-state index contributed by atoms with van der Waals surface area (Å²) in [6, 6.07) is 4.25. The number of amides is 1. The number of alkyl halides is 1. The second-order valence-electron chi connectivity index (χ2n) is 4.97. The van der Waals surface area contributed by atoms with Crippen molar-refractivity contribution in [3.8, 4) is 0 Å². The average molecular weight is 307 g/mol. The van der Waals surface area contributed by atoms with Gasteiger partial charge in [0.2, 0.25) is 5.91 Å². The van der Waals surface area contributed by atoms with Crippen LogP contribution < -0.4 is 10.2 Å². The van der Waals surface area contributed by atoms with Crippen LogP contribution in [-0.4, -0.2) is 33.9 Å². The number of hydrogen-bond donors (Lipinski definition) is 1. The number of carbonyl (C=O) groups excluding carboxylic acids is 1. The highest BCUT2D eigenvalue weighted by Gasteiger charge is 2.21. The molecule has 0 unspecified atom stereocenters. The molecule has 1 aromatic carbocycles. The van der Waals surface area contributed by atoms with E-state index in [0.717, 1.165) is 0 Å². The predicted molar refractivity (Wildman–Crippen MR) is 76.7 cm³/mol. The average Bonchev–Trinajstić information content (AvgIpc) is 2.85. The summed E-state index contributed by atoms with van der Waals surface area (Å²) in [6.07, 6.45) is 1.66. The molecule has 1 aromatic heterocycles. The summed E-state index contributed by atoms with van der Waals surface area (Å²) in [6.45, 7) is 0.440. The summed E-state index contributed by atoms with van der Waals surface area (Å²) in [5, 5.41) is 6.67. The maximum atomic E-state index is 13.4. The molecule has 1 aliphatic rings. The molecule has 2 heterocycles. The Hall–Kier alpha value is -2.51. The molecule has 0 saturated carbocycles. The highest BCUT2D eigenvalue weighted by Crippen LogP contribution is 2.30. The van der Waals surface area contributed by atoms with Crippen LogP contribution >= 0.6 is 0 Å². The van der Waals surface area contributed by atoms with Gasteiger partial charge in [-0.3, -0.25) is 4.79 Å². The van der Waals surface area contributed by atoms with Gasteiger partial charge in [-0.05, 0) is 18.2 Å². The fourth-order valence-corrected chi connectivity index (χ4v) is 2.47. The van der Waals surface area contributed by atoms with Crippen molar-refractivity contribution in [2.75, 3.05) is 23.4 Å². The number of aromatic nitrogens is 3. The number of nitrogens with one attached hydrogen (secondary N) is 1. The maximum Gasteiger partial charge on any atom is 0.226 e. The second-order valence-corrected chi connectivity index (χ2v) is 4.97. The molecule has 0 atom stereocenters. The summed E-state index contributed by atoms with van der Waals surface area (Å²) in [7, 11) is 0. The first-order valence-corrected chi connectivity index (χ1v) is 6.94. The first-order valence-electron chi connectivity index (χ1n) is 6.94. The number of aryl methyl sites for hydroxylation is 1. The molecule has 3 rings (SSSR count). The van der Waals surface area contributed by atoms with Gasteiger partial charge in [0.25, 0.3) is 0 Å². The Labute approximate surface area is 125 Å². The summed E-state index contributed by atoms with van der Waals surface area (Å²) in [5.74, 6) is 0.0170. The smallest absolute Gasteiger partial charge is 0.226 e. The standard InChI is InChI=1S/C14H15F2N5O/c15-4-6-21-13(17-9-18-21)8-20-5-3-14(22)19-11-7-10(16)1-2-12(11)20/h1-2,7,9H,3-6,8H2,(H,19,22). The Balaban J connectivity index is 1.90. The van der Waals surface area contributed by atoms with Crippen molar-refractivity contribution < 1.29 is 13.6 Å². The molecule has 116 valence electrons. The number of carbonyl (C=O) groups is 1. The van der Waals surface area contributed by atoms with Crippen LogP contribution in [0.25, 0.3) is 0 Å². The Morgan fingerprint density at radius 2 is 2.23 bits per heavy atom. The number of nitrogens with zero attached hydrogens (tertiary/aromatic N) is 4. The third-order valence-corrected chi connectivity index (χ3v) is 3.51. The fraction of sp³-hybridized carbons (Fsp3) is 0.357. The van der Waals surface area contributed by atoms with E-state index in [1.165, 1.54) is 23.1 Å². The van der Waals surface area contributed by atoms with E-state index >= 15 is 0 Å². The number of rotatable bonds is 4. The van der Waals surface area contributed by atoms with Gasteiger partial charge < -0.3 is 10.2 Å². The van der Waals surface area contributed by atoms with E-state index in [2.05, 4.69) is 15.4 Å². The van der Waals surface area contributed by atoms with Crippen LogP contribution in [0.2, 0.25) is 0 Å². The number of halogens is 2. The van der Waals surface area contributed by atoms with Gasteiger partial charge in [0.05, 0.1) is 24.5 Å². The molecule has 6 nitrogen and oxygen atoms in total. The van der Waals surface area contributed by atoms with Crippen LogP contribution in [-0.2, 0) is 17.9 Å². The molecule has 0 saturated heterocycles. The first kappa shape index (κ1) is 14.4. The number of fused-ring (bicyclic) bond motifs is 1. The lowest BCUT2D eigenvalue weighted by Crippen LogP contribution is -2.26. The molecule has 1 amide bonds. The quantitative estimate of drug-likeness (QED) is 0.934. The Morgan fingerprint density at radius 3 is 3.05 bits per heavy atom. The molecular formula is C14H15F2N5O. The van der Waals surface area contributed by atoms with Crippen molar-refractivity contribution in [2.45, 2.75) is 19.5 Å². The van der Waals surface area contributed by atoms with E-state index in [0.29, 0.717) is 30.3 Å². The Morgan fingerprint density at radius 1 is 1.36 bits per heavy atom. The minimum absolute atomic E-state index is 0.136. The molecule has 0 fully saturated rings. The van der Waals surface area contributed by atoms with Crippen LogP contribution in [0.15, 0.2) is 24.5 Å². The van der Waals surface area contributed by atoms with E-state index in [9.17, 15) is 13.6 Å². The van der Waals surface area contributed by atoms with Crippen molar-refractivity contribution in [3.63, 3.8) is 0 Å². The lowest BCUT2D eigenvalue weighted by atomic mass is 10.2. The van der Waals surface area contributed by atoms with Crippen LogP contribution in [0.3, 0.4) is 0 Å². The minimum atomic E-state index is -0.530. The van der Waals surface area contributed by atoms with Gasteiger partial charge in [-0.1, -0.05) is 0 Å². The molecule has 22 heavy (non-hydrogen) atoms. The predicted octanol–water partition coefficient (Wildman–Crippen LogP) is 1.74. The van der Waals surface area contributed by atoms with Gasteiger partial charge in [0, 0.05) is 13.0 Å². The number of anilines is 2. The normalized spacial score (nSPS) is 14.5. The molecule has 0 aliphatic carbocycles. The topological polar surface area (TPSA) is 63.1 Å². The molecule has 8 heteroatoms. The van der Waals surface area contributed by atoms with Gasteiger partial charge in [-0.2, -0.15) is 5.10 Å². The monoisotopic (exact) mass is 307 g/mol. The van der Waals surface area contributed by atoms with Crippen molar-refractivity contribution in [2.24, 2.45) is 0 Å². The van der Waals surface area contributed by atoms with Crippen LogP contribution in [0, 0.1) is 5.82 Å². The third-order valence-electron chi connectivity index (χ3n) is 3.51. The zero-order chi connectivity index (χ0) is 15.5. The molecular weight excluding hydrogens is 292 g/mol. The van der Waals surface area contributed by atoms with Gasteiger partial charge in [0.15, 0.2) is 0 Å². The van der Waals surface area contributed by atoms with Crippen molar-refractivity contribution in [1.29, 1.82) is 0 Å². The fourth-order valence-electron chi connectivity index (χ4n) is 2.47. The van der Waals surface area contributed by atoms with E-state index in [4.69, 9.17) is 0 Å². The van der Waals surface area contributed by atoms with Gasteiger partial charge >= 0.3 is 0 Å². The van der Waals surface area contributed by atoms with E-state index < -0.39 is 12.5 Å². The minimum Gasteiger partial charge on any atom is -0.362 e. The van der Waals surface area contributed by atoms with Crippen molar-refractivity contribution in [3.05, 3.63) is 36.2 Å². The van der Waals surface area contributed by atoms with E-state index in [-0.39, 0.29) is 18.9 Å². The number of benzene rings is 1. The summed E-state index contributed by atoms with van der Waals surface area (Å²) >= 11 is 0. The highest BCUT2D eigenvalue weighted by molar-refractivity contribution is 5.96. The van der Waals surface area contributed by atoms with Crippen LogP contribution in [0.1, 0.15) is 12.2 Å². The molecule has 0 bridgehead atoms. The van der Waals surface area contributed by atoms with Crippen molar-refractivity contribution in [1.82, 2.24) is 14.8 Å². The molecule has 0 radical (unpaired) electrons. The Bertz CT molecular complexity index is 688. The molecule has 0 spiro atoms. The van der Waals surface area contributed by atoms with Crippen LogP contribution in [0.4, 0.5) is 20.2 Å². The third kappa shape index (κ3) is 2.90. The molecule has 1 aliphatic heterocycles. The largest absolute Gasteiger partial charge is 0.362 e. The van der Waals surface area contributed by atoms with Crippen LogP contribution in [0.5, 0.6) is 0 Å². The highest BCUT2D eigenvalue weighted by atomic mass is 19.1.